The molecule has 0 saturated heterocycles. The van der Waals surface area contributed by atoms with Crippen molar-refractivity contribution in [1.82, 2.24) is 0 Å². The fraction of sp³-hybridized carbons (Fsp3) is 0.211. The SMILES string of the molecule is CC(CC(N)=O)c1csc2ccc(OCc3ccccc3)cc12. The number of primary amides is 1. The minimum absolute atomic E-state index is 0.116. The molecule has 0 aliphatic heterocycles. The van der Waals surface area contributed by atoms with Gasteiger partial charge in [-0.3, -0.25) is 4.79 Å². The Bertz CT molecular complexity index is 811. The number of fused-ring (bicyclic) bond motifs is 1. The van der Waals surface area contributed by atoms with Gasteiger partial charge in [0.25, 0.3) is 0 Å². The standard InChI is InChI=1S/C19H19NO2S/c1-13(9-19(20)21)17-12-23-18-8-7-15(10-16(17)18)22-11-14-5-3-2-4-6-14/h2-8,10,12-13H,9,11H2,1H3,(H2,20,21). The second kappa shape index (κ2) is 6.84. The summed E-state index contributed by atoms with van der Waals surface area (Å²) in [6.07, 6.45) is 0.362. The summed E-state index contributed by atoms with van der Waals surface area (Å²) in [5.41, 5.74) is 7.63. The molecule has 0 aliphatic rings. The first-order valence-corrected chi connectivity index (χ1v) is 8.47. The van der Waals surface area contributed by atoms with Crippen molar-refractivity contribution in [1.29, 1.82) is 0 Å². The van der Waals surface area contributed by atoms with Crippen LogP contribution in [0.4, 0.5) is 0 Å². The smallest absolute Gasteiger partial charge is 0.218 e. The van der Waals surface area contributed by atoms with Crippen molar-refractivity contribution in [3.8, 4) is 5.75 Å². The Labute approximate surface area is 139 Å². The first-order chi connectivity index (χ1) is 11.1. The van der Waals surface area contributed by atoms with Crippen LogP contribution in [0.15, 0.2) is 53.9 Å². The van der Waals surface area contributed by atoms with Crippen molar-refractivity contribution in [3.05, 3.63) is 65.0 Å². The van der Waals surface area contributed by atoms with Crippen molar-refractivity contribution < 1.29 is 9.53 Å². The van der Waals surface area contributed by atoms with E-state index in [-0.39, 0.29) is 11.8 Å². The highest BCUT2D eigenvalue weighted by Gasteiger charge is 2.14. The first kappa shape index (κ1) is 15.6. The molecule has 3 nitrogen and oxygen atoms in total. The van der Waals surface area contributed by atoms with Crippen molar-refractivity contribution >= 4 is 27.3 Å². The molecule has 0 aliphatic carbocycles. The lowest BCUT2D eigenvalue weighted by Crippen LogP contribution is -2.13. The summed E-state index contributed by atoms with van der Waals surface area (Å²) in [6.45, 7) is 2.58. The molecule has 3 rings (SSSR count). The molecule has 0 radical (unpaired) electrons. The van der Waals surface area contributed by atoms with Crippen LogP contribution in [0.1, 0.15) is 30.4 Å². The number of amides is 1. The van der Waals surface area contributed by atoms with Gasteiger partial charge < -0.3 is 10.5 Å². The molecule has 1 heterocycles. The Hall–Kier alpha value is -2.33. The first-order valence-electron chi connectivity index (χ1n) is 7.59. The molecule has 118 valence electrons. The minimum Gasteiger partial charge on any atom is -0.489 e. The van der Waals surface area contributed by atoms with E-state index < -0.39 is 0 Å². The van der Waals surface area contributed by atoms with E-state index in [2.05, 4.69) is 17.5 Å². The lowest BCUT2D eigenvalue weighted by Gasteiger charge is -2.10. The average molecular weight is 325 g/mol. The second-order valence-electron chi connectivity index (χ2n) is 5.69. The number of carbonyl (C=O) groups is 1. The Balaban J connectivity index is 1.81. The molecule has 0 saturated carbocycles. The summed E-state index contributed by atoms with van der Waals surface area (Å²) in [4.78, 5) is 11.2. The van der Waals surface area contributed by atoms with Gasteiger partial charge in [-0.15, -0.1) is 11.3 Å². The summed E-state index contributed by atoms with van der Waals surface area (Å²) >= 11 is 1.68. The zero-order valence-electron chi connectivity index (χ0n) is 13.0. The van der Waals surface area contributed by atoms with E-state index in [1.54, 1.807) is 11.3 Å². The predicted molar refractivity (Wildman–Crippen MR) is 94.8 cm³/mol. The number of benzene rings is 2. The van der Waals surface area contributed by atoms with Gasteiger partial charge in [-0.25, -0.2) is 0 Å². The quantitative estimate of drug-likeness (QED) is 0.727. The third-order valence-electron chi connectivity index (χ3n) is 3.86. The van der Waals surface area contributed by atoms with Crippen LogP contribution in [0.25, 0.3) is 10.1 Å². The molecular formula is C19H19NO2S. The molecule has 3 aromatic rings. The lowest BCUT2D eigenvalue weighted by molar-refractivity contribution is -0.118. The minimum atomic E-state index is -0.270. The van der Waals surface area contributed by atoms with Crippen LogP contribution < -0.4 is 10.5 Å². The van der Waals surface area contributed by atoms with Gasteiger partial charge in [-0.1, -0.05) is 37.3 Å². The van der Waals surface area contributed by atoms with Crippen LogP contribution in [0, 0.1) is 0 Å². The number of hydrogen-bond donors (Lipinski definition) is 1. The molecule has 1 unspecified atom stereocenters. The van der Waals surface area contributed by atoms with Crippen molar-refractivity contribution in [2.75, 3.05) is 0 Å². The molecule has 1 aromatic heterocycles. The maximum atomic E-state index is 11.2. The van der Waals surface area contributed by atoms with Gasteiger partial charge in [0.1, 0.15) is 12.4 Å². The molecule has 2 N–H and O–H groups in total. The molecular weight excluding hydrogens is 306 g/mol. The van der Waals surface area contributed by atoms with Crippen molar-refractivity contribution in [2.45, 2.75) is 25.9 Å². The Morgan fingerprint density at radius 3 is 2.74 bits per heavy atom. The van der Waals surface area contributed by atoms with Crippen LogP contribution in [-0.2, 0) is 11.4 Å². The zero-order valence-corrected chi connectivity index (χ0v) is 13.8. The maximum absolute atomic E-state index is 11.2. The van der Waals surface area contributed by atoms with Crippen LogP contribution in [-0.4, -0.2) is 5.91 Å². The Morgan fingerprint density at radius 1 is 1.22 bits per heavy atom. The topological polar surface area (TPSA) is 52.3 Å². The van der Waals surface area contributed by atoms with Gasteiger partial charge in [0.15, 0.2) is 0 Å². The molecule has 1 atom stereocenters. The second-order valence-corrected chi connectivity index (χ2v) is 6.61. The average Bonchev–Trinajstić information content (AvgIpc) is 2.96. The molecule has 4 heteroatoms. The van der Waals surface area contributed by atoms with E-state index in [0.29, 0.717) is 13.0 Å². The lowest BCUT2D eigenvalue weighted by atomic mass is 9.97. The fourth-order valence-electron chi connectivity index (χ4n) is 2.65. The Kier molecular flexibility index (Phi) is 4.63. The van der Waals surface area contributed by atoms with E-state index >= 15 is 0 Å². The highest BCUT2D eigenvalue weighted by atomic mass is 32.1. The Morgan fingerprint density at radius 2 is 2.00 bits per heavy atom. The molecule has 0 fully saturated rings. The van der Waals surface area contributed by atoms with E-state index in [0.717, 1.165) is 22.3 Å². The predicted octanol–water partition coefficient (Wildman–Crippen LogP) is 4.46. The summed E-state index contributed by atoms with van der Waals surface area (Å²) < 4.78 is 7.10. The number of hydrogen-bond acceptors (Lipinski definition) is 3. The van der Waals surface area contributed by atoms with Crippen LogP contribution in [0.5, 0.6) is 5.75 Å². The molecule has 0 bridgehead atoms. The molecule has 0 spiro atoms. The van der Waals surface area contributed by atoms with E-state index in [9.17, 15) is 4.79 Å². The third-order valence-corrected chi connectivity index (χ3v) is 4.84. The zero-order chi connectivity index (χ0) is 16.2. The van der Waals surface area contributed by atoms with E-state index in [1.807, 2.05) is 43.3 Å². The van der Waals surface area contributed by atoms with Gasteiger partial charge >= 0.3 is 0 Å². The summed E-state index contributed by atoms with van der Waals surface area (Å²) in [5, 5.41) is 3.26. The highest BCUT2D eigenvalue weighted by Crippen LogP contribution is 2.35. The summed E-state index contributed by atoms with van der Waals surface area (Å²) in [6, 6.07) is 16.2. The number of carbonyl (C=O) groups excluding carboxylic acids is 1. The van der Waals surface area contributed by atoms with Crippen molar-refractivity contribution in [3.63, 3.8) is 0 Å². The van der Waals surface area contributed by atoms with E-state index in [4.69, 9.17) is 10.5 Å². The molecule has 23 heavy (non-hydrogen) atoms. The monoisotopic (exact) mass is 325 g/mol. The van der Waals surface area contributed by atoms with E-state index in [1.165, 1.54) is 4.70 Å². The number of thiophene rings is 1. The van der Waals surface area contributed by atoms with Gasteiger partial charge in [-0.2, -0.15) is 0 Å². The fourth-order valence-corrected chi connectivity index (χ4v) is 3.72. The number of rotatable bonds is 6. The van der Waals surface area contributed by atoms with Crippen molar-refractivity contribution in [2.24, 2.45) is 5.73 Å². The number of nitrogens with two attached hydrogens (primary N) is 1. The summed E-state index contributed by atoms with van der Waals surface area (Å²) in [7, 11) is 0. The van der Waals surface area contributed by atoms with Gasteiger partial charge in [0, 0.05) is 11.1 Å². The molecule has 2 aromatic carbocycles. The van der Waals surface area contributed by atoms with Gasteiger partial charge in [0.2, 0.25) is 5.91 Å². The van der Waals surface area contributed by atoms with Crippen LogP contribution in [0.2, 0.25) is 0 Å². The largest absolute Gasteiger partial charge is 0.489 e. The van der Waals surface area contributed by atoms with Gasteiger partial charge in [-0.05, 0) is 46.0 Å². The number of ether oxygens (including phenoxy) is 1. The third kappa shape index (κ3) is 3.71. The normalized spacial score (nSPS) is 12.2. The maximum Gasteiger partial charge on any atom is 0.218 e. The van der Waals surface area contributed by atoms with Crippen LogP contribution in [0.3, 0.4) is 0 Å². The highest BCUT2D eigenvalue weighted by molar-refractivity contribution is 7.17. The summed E-state index contributed by atoms with van der Waals surface area (Å²) in [5.74, 6) is 0.686. The van der Waals surface area contributed by atoms with Gasteiger partial charge in [0.05, 0.1) is 0 Å². The van der Waals surface area contributed by atoms with Crippen LogP contribution >= 0.6 is 11.3 Å². The molecule has 1 amide bonds.